The Morgan fingerprint density at radius 3 is 2.23 bits per heavy atom. The number of carbonyl (C=O) groups excluding carboxylic acids is 1. The molecule has 0 aliphatic heterocycles. The minimum Gasteiger partial charge on any atom is -0.507 e. The third-order valence-corrected chi connectivity index (χ3v) is 3.61. The van der Waals surface area contributed by atoms with Crippen LogP contribution in [0.15, 0.2) is 12.1 Å². The normalized spacial score (nSPS) is 12.0. The van der Waals surface area contributed by atoms with Gasteiger partial charge in [-0.15, -0.1) is 0 Å². The van der Waals surface area contributed by atoms with Gasteiger partial charge < -0.3 is 9.84 Å². The van der Waals surface area contributed by atoms with Crippen molar-refractivity contribution < 1.29 is 14.6 Å². The zero-order valence-corrected chi connectivity index (χ0v) is 15.0. The maximum Gasteiger partial charge on any atom is 0.306 e. The van der Waals surface area contributed by atoms with Gasteiger partial charge in [0.2, 0.25) is 0 Å². The van der Waals surface area contributed by atoms with Crippen molar-refractivity contribution in [2.45, 2.75) is 78.7 Å². The summed E-state index contributed by atoms with van der Waals surface area (Å²) in [5.74, 6) is 0.450. The number of carbonyl (C=O) groups is 1. The van der Waals surface area contributed by atoms with Gasteiger partial charge in [0, 0.05) is 6.42 Å². The lowest BCUT2D eigenvalue weighted by molar-refractivity contribution is -0.147. The van der Waals surface area contributed by atoms with E-state index in [1.807, 2.05) is 26.0 Å². The van der Waals surface area contributed by atoms with Crippen molar-refractivity contribution in [1.82, 2.24) is 0 Å². The lowest BCUT2D eigenvalue weighted by Gasteiger charge is -2.24. The van der Waals surface area contributed by atoms with Crippen LogP contribution in [0.2, 0.25) is 0 Å². The maximum atomic E-state index is 11.7. The molecule has 0 aliphatic rings. The summed E-state index contributed by atoms with van der Waals surface area (Å²) in [4.78, 5) is 11.7. The molecule has 0 aromatic heterocycles. The van der Waals surface area contributed by atoms with E-state index in [1.165, 1.54) is 0 Å². The summed E-state index contributed by atoms with van der Waals surface area (Å²) in [5.41, 5.74) is 2.82. The zero-order valence-electron chi connectivity index (χ0n) is 15.0. The van der Waals surface area contributed by atoms with Crippen LogP contribution in [0, 0.1) is 0 Å². The second kappa shape index (κ2) is 7.17. The predicted octanol–water partition coefficient (Wildman–Crippen LogP) is 4.70. The zero-order chi connectivity index (χ0) is 17.1. The van der Waals surface area contributed by atoms with Gasteiger partial charge >= 0.3 is 5.97 Å². The Bertz CT molecular complexity index is 522. The van der Waals surface area contributed by atoms with Crippen molar-refractivity contribution in [3.63, 3.8) is 0 Å². The number of esters is 1. The Morgan fingerprint density at radius 2 is 1.77 bits per heavy atom. The number of benzene rings is 1. The predicted molar refractivity (Wildman–Crippen MR) is 90.4 cm³/mol. The topological polar surface area (TPSA) is 46.5 Å². The van der Waals surface area contributed by atoms with Crippen LogP contribution in [0.5, 0.6) is 5.75 Å². The molecule has 0 spiro atoms. The van der Waals surface area contributed by atoms with Gasteiger partial charge in [-0.05, 0) is 48.3 Å². The third kappa shape index (κ3) is 5.04. The molecule has 1 aromatic rings. The van der Waals surface area contributed by atoms with Crippen molar-refractivity contribution in [2.24, 2.45) is 0 Å². The summed E-state index contributed by atoms with van der Waals surface area (Å²) in [5, 5.41) is 10.5. The molecule has 0 unspecified atom stereocenters. The minimum absolute atomic E-state index is 0.0799. The molecular weight excluding hydrogens is 276 g/mol. The first-order chi connectivity index (χ1) is 10.0. The van der Waals surface area contributed by atoms with Crippen LogP contribution >= 0.6 is 0 Å². The van der Waals surface area contributed by atoms with Crippen LogP contribution in [-0.4, -0.2) is 17.2 Å². The van der Waals surface area contributed by atoms with Crippen LogP contribution in [0.3, 0.4) is 0 Å². The minimum atomic E-state index is -0.175. The van der Waals surface area contributed by atoms with Gasteiger partial charge in [-0.3, -0.25) is 4.79 Å². The highest BCUT2D eigenvalue weighted by atomic mass is 16.5. The molecule has 0 heterocycles. The van der Waals surface area contributed by atoms with Crippen molar-refractivity contribution >= 4 is 5.97 Å². The summed E-state index contributed by atoms with van der Waals surface area (Å²) in [7, 11) is 0. The summed E-state index contributed by atoms with van der Waals surface area (Å²) >= 11 is 0. The van der Waals surface area contributed by atoms with E-state index in [2.05, 4.69) is 34.6 Å². The molecule has 0 amide bonds. The maximum absolute atomic E-state index is 11.7. The molecule has 1 rings (SSSR count). The highest BCUT2D eigenvalue weighted by Gasteiger charge is 2.22. The molecule has 3 nitrogen and oxygen atoms in total. The highest BCUT2D eigenvalue weighted by Crippen LogP contribution is 2.37. The van der Waals surface area contributed by atoms with E-state index in [0.29, 0.717) is 18.6 Å². The van der Waals surface area contributed by atoms with Gasteiger partial charge in [-0.1, -0.05) is 46.8 Å². The average Bonchev–Trinajstić information content (AvgIpc) is 2.34. The molecule has 124 valence electrons. The number of ether oxygens (including phenoxy) is 1. The average molecular weight is 306 g/mol. The highest BCUT2D eigenvalue weighted by molar-refractivity contribution is 5.70. The molecule has 0 bridgehead atoms. The smallest absolute Gasteiger partial charge is 0.306 e. The molecule has 0 saturated carbocycles. The number of phenolic OH excluding ortho intramolecular Hbond substituents is 1. The van der Waals surface area contributed by atoms with E-state index in [4.69, 9.17) is 4.74 Å². The first kappa shape index (κ1) is 18.5. The molecule has 1 aromatic carbocycles. The van der Waals surface area contributed by atoms with E-state index < -0.39 is 0 Å². The summed E-state index contributed by atoms with van der Waals surface area (Å²) < 4.78 is 5.18. The number of hydrogen-bond donors (Lipinski definition) is 1. The van der Waals surface area contributed by atoms with Gasteiger partial charge in [-0.25, -0.2) is 0 Å². The Balaban J connectivity index is 3.05. The first-order valence-corrected chi connectivity index (χ1v) is 8.08. The molecule has 3 heteroatoms. The molecular formula is C19H30O3. The second-order valence-electron chi connectivity index (χ2n) is 7.52. The van der Waals surface area contributed by atoms with E-state index in [9.17, 15) is 9.90 Å². The summed E-state index contributed by atoms with van der Waals surface area (Å²) in [6, 6.07) is 4.03. The third-order valence-electron chi connectivity index (χ3n) is 3.61. The summed E-state index contributed by atoms with van der Waals surface area (Å²) in [6.45, 7) is 14.1. The molecule has 0 saturated heterocycles. The fourth-order valence-electron chi connectivity index (χ4n) is 2.44. The van der Waals surface area contributed by atoms with E-state index >= 15 is 0 Å². The second-order valence-corrected chi connectivity index (χ2v) is 7.52. The van der Waals surface area contributed by atoms with Crippen LogP contribution < -0.4 is 0 Å². The van der Waals surface area contributed by atoms with E-state index in [1.54, 1.807) is 0 Å². The molecule has 0 atom stereocenters. The molecule has 0 aliphatic carbocycles. The number of rotatable bonds is 5. The molecule has 0 fully saturated rings. The number of aryl methyl sites for hydroxylation is 1. The summed E-state index contributed by atoms with van der Waals surface area (Å²) in [6.07, 6.45) is 0.919. The molecule has 1 N–H and O–H groups in total. The molecule has 22 heavy (non-hydrogen) atoms. The van der Waals surface area contributed by atoms with Crippen molar-refractivity contribution in [3.05, 3.63) is 28.8 Å². The monoisotopic (exact) mass is 306 g/mol. The van der Waals surface area contributed by atoms with E-state index in [0.717, 1.165) is 16.7 Å². The quantitative estimate of drug-likeness (QED) is 0.802. The SMILES string of the molecule is CC(C)OC(=O)CCc1cc(C(C)C)c(O)c(C(C)(C)C)c1. The Labute approximate surface area is 134 Å². The van der Waals surface area contributed by atoms with Gasteiger partial charge in [0.1, 0.15) is 5.75 Å². The Hall–Kier alpha value is -1.51. The van der Waals surface area contributed by atoms with Crippen LogP contribution in [0.1, 0.15) is 77.5 Å². The first-order valence-electron chi connectivity index (χ1n) is 8.08. The lowest BCUT2D eigenvalue weighted by atomic mass is 9.82. The van der Waals surface area contributed by atoms with E-state index in [-0.39, 0.29) is 23.4 Å². The van der Waals surface area contributed by atoms with Crippen molar-refractivity contribution in [2.75, 3.05) is 0 Å². The van der Waals surface area contributed by atoms with Crippen molar-refractivity contribution in [3.8, 4) is 5.75 Å². The van der Waals surface area contributed by atoms with Gasteiger partial charge in [-0.2, -0.15) is 0 Å². The van der Waals surface area contributed by atoms with Crippen molar-refractivity contribution in [1.29, 1.82) is 0 Å². The van der Waals surface area contributed by atoms with Gasteiger partial charge in [0.25, 0.3) is 0 Å². The van der Waals surface area contributed by atoms with Gasteiger partial charge in [0.05, 0.1) is 6.10 Å². The Kier molecular flexibility index (Phi) is 6.04. The fourth-order valence-corrected chi connectivity index (χ4v) is 2.44. The van der Waals surface area contributed by atoms with Crippen LogP contribution in [0.25, 0.3) is 0 Å². The fraction of sp³-hybridized carbons (Fsp3) is 0.632. The van der Waals surface area contributed by atoms with Crippen LogP contribution in [0.4, 0.5) is 0 Å². The van der Waals surface area contributed by atoms with Gasteiger partial charge in [0.15, 0.2) is 0 Å². The molecule has 0 radical (unpaired) electrons. The number of aromatic hydroxyl groups is 1. The number of phenols is 1. The number of hydrogen-bond acceptors (Lipinski definition) is 3. The lowest BCUT2D eigenvalue weighted by Crippen LogP contribution is -2.14. The largest absolute Gasteiger partial charge is 0.507 e. The standard InChI is InChI=1S/C19H30O3/c1-12(2)15-10-14(8-9-17(20)22-13(3)4)11-16(18(15)21)19(5,6)7/h10-13,21H,8-9H2,1-7H3. The Morgan fingerprint density at radius 1 is 1.18 bits per heavy atom. The van der Waals surface area contributed by atoms with Crippen LogP contribution in [-0.2, 0) is 21.4 Å².